The number of aromatic nitrogens is 3. The fraction of sp³-hybridized carbons (Fsp3) is 0.250. The van der Waals surface area contributed by atoms with Gasteiger partial charge in [0.25, 0.3) is 5.56 Å². The van der Waals surface area contributed by atoms with E-state index in [9.17, 15) is 9.59 Å². The summed E-state index contributed by atoms with van der Waals surface area (Å²) in [6.45, 7) is 4.29. The number of hydrogen-bond acceptors (Lipinski definition) is 6. The molecule has 0 spiro atoms. The smallest absolute Gasteiger partial charge is 0.413 e. The first-order valence-corrected chi connectivity index (χ1v) is 8.22. The van der Waals surface area contributed by atoms with Crippen molar-refractivity contribution in [2.75, 3.05) is 11.9 Å². The third-order valence-corrected chi connectivity index (χ3v) is 4.17. The maximum absolute atomic E-state index is 11.7. The number of anilines is 1. The monoisotopic (exact) mass is 344 g/mol. The van der Waals surface area contributed by atoms with E-state index in [0.29, 0.717) is 17.1 Å². The molecule has 0 aliphatic rings. The predicted molar refractivity (Wildman–Crippen MR) is 93.3 cm³/mol. The minimum absolute atomic E-state index is 0.224. The van der Waals surface area contributed by atoms with Crippen LogP contribution in [0.1, 0.15) is 13.8 Å². The first kappa shape index (κ1) is 16.1. The normalized spacial score (nSPS) is 11.0. The van der Waals surface area contributed by atoms with Gasteiger partial charge < -0.3 is 4.74 Å². The fourth-order valence-electron chi connectivity index (χ4n) is 2.08. The highest BCUT2D eigenvalue weighted by atomic mass is 32.1. The van der Waals surface area contributed by atoms with Gasteiger partial charge in [0, 0.05) is 11.6 Å². The number of rotatable bonds is 4. The lowest BCUT2D eigenvalue weighted by atomic mass is 10.1. The molecule has 2 heterocycles. The first-order valence-electron chi connectivity index (χ1n) is 7.40. The number of amides is 1. The first-order chi connectivity index (χ1) is 11.5. The molecule has 124 valence electrons. The lowest BCUT2D eigenvalue weighted by Crippen LogP contribution is -2.16. The number of carbonyl (C=O) groups is 1. The van der Waals surface area contributed by atoms with Crippen molar-refractivity contribution in [1.82, 2.24) is 15.2 Å². The maximum Gasteiger partial charge on any atom is 0.413 e. The van der Waals surface area contributed by atoms with Crippen LogP contribution in [0, 0.1) is 5.92 Å². The number of hydrogen-bond donors (Lipinski definition) is 2. The van der Waals surface area contributed by atoms with Gasteiger partial charge in [-0.1, -0.05) is 31.3 Å². The number of nitrogens with zero attached hydrogens (tertiary/aromatic N) is 2. The van der Waals surface area contributed by atoms with Crippen LogP contribution in [-0.2, 0) is 4.74 Å². The van der Waals surface area contributed by atoms with Gasteiger partial charge in [0.15, 0.2) is 5.13 Å². The summed E-state index contributed by atoms with van der Waals surface area (Å²) in [7, 11) is 0. The van der Waals surface area contributed by atoms with Gasteiger partial charge in [0.2, 0.25) is 0 Å². The van der Waals surface area contributed by atoms with Crippen LogP contribution in [0.2, 0.25) is 0 Å². The van der Waals surface area contributed by atoms with E-state index in [1.54, 1.807) is 18.5 Å². The lowest BCUT2D eigenvalue weighted by molar-refractivity contribution is 0.147. The maximum atomic E-state index is 11.7. The molecule has 0 unspecified atom stereocenters. The third kappa shape index (κ3) is 3.60. The second-order valence-electron chi connectivity index (χ2n) is 5.65. The van der Waals surface area contributed by atoms with Crippen LogP contribution in [-0.4, -0.2) is 27.9 Å². The standard InChI is InChI=1S/C16H16N4O3S/c1-9(2)8-23-16(22)19-15-17-7-13(24-15)10-3-4-12-11(5-10)6-18-20-14(12)21/h3-7,9H,8H2,1-2H3,(H,20,21)(H,17,19,22). The molecule has 0 saturated heterocycles. The van der Waals surface area contributed by atoms with Crippen LogP contribution in [0.4, 0.5) is 9.93 Å². The zero-order valence-corrected chi connectivity index (χ0v) is 14.0. The van der Waals surface area contributed by atoms with Gasteiger partial charge in [-0.15, -0.1) is 0 Å². The Morgan fingerprint density at radius 3 is 3.00 bits per heavy atom. The van der Waals surface area contributed by atoms with Gasteiger partial charge in [-0.25, -0.2) is 14.9 Å². The number of thiazole rings is 1. The number of H-pyrrole nitrogens is 1. The molecule has 24 heavy (non-hydrogen) atoms. The molecule has 2 N–H and O–H groups in total. The molecule has 0 fully saturated rings. The molecule has 3 aromatic rings. The topological polar surface area (TPSA) is 97.0 Å². The summed E-state index contributed by atoms with van der Waals surface area (Å²) >= 11 is 1.33. The Bertz CT molecular complexity index is 932. The predicted octanol–water partition coefficient (Wildman–Crippen LogP) is 3.25. The molecule has 0 bridgehead atoms. The summed E-state index contributed by atoms with van der Waals surface area (Å²) in [5.74, 6) is 0.275. The van der Waals surface area contributed by atoms with Crippen LogP contribution in [0.25, 0.3) is 21.2 Å². The van der Waals surface area contributed by atoms with E-state index in [0.717, 1.165) is 15.8 Å². The van der Waals surface area contributed by atoms with Gasteiger partial charge in [-0.2, -0.15) is 5.10 Å². The minimum Gasteiger partial charge on any atom is -0.449 e. The Morgan fingerprint density at radius 2 is 2.21 bits per heavy atom. The van der Waals surface area contributed by atoms with E-state index in [1.807, 2.05) is 26.0 Å². The number of benzene rings is 1. The molecular formula is C16H16N4O3S. The van der Waals surface area contributed by atoms with Gasteiger partial charge in [-0.05, 0) is 23.6 Å². The number of fused-ring (bicyclic) bond motifs is 1. The molecule has 1 aromatic carbocycles. The number of aromatic amines is 1. The summed E-state index contributed by atoms with van der Waals surface area (Å²) in [6.07, 6.45) is 2.76. The second-order valence-corrected chi connectivity index (χ2v) is 6.68. The molecule has 8 heteroatoms. The van der Waals surface area contributed by atoms with Crippen LogP contribution in [0.5, 0.6) is 0 Å². The van der Waals surface area contributed by atoms with Crippen molar-refractivity contribution >= 4 is 33.3 Å². The summed E-state index contributed by atoms with van der Waals surface area (Å²) < 4.78 is 5.06. The fourth-order valence-corrected chi connectivity index (χ4v) is 2.88. The molecule has 0 aliphatic carbocycles. The molecule has 1 amide bonds. The Morgan fingerprint density at radius 1 is 1.38 bits per heavy atom. The van der Waals surface area contributed by atoms with Gasteiger partial charge in [-0.3, -0.25) is 10.1 Å². The second kappa shape index (κ2) is 6.79. The van der Waals surface area contributed by atoms with E-state index in [-0.39, 0.29) is 11.5 Å². The Labute approximate surface area is 141 Å². The van der Waals surface area contributed by atoms with Crippen molar-refractivity contribution in [1.29, 1.82) is 0 Å². The molecule has 0 aliphatic heterocycles. The van der Waals surface area contributed by atoms with Crippen molar-refractivity contribution in [2.24, 2.45) is 5.92 Å². The SMILES string of the molecule is CC(C)COC(=O)Nc1ncc(-c2ccc3c(=O)[nH]ncc3c2)s1. The van der Waals surface area contributed by atoms with Crippen molar-refractivity contribution in [3.63, 3.8) is 0 Å². The minimum atomic E-state index is -0.515. The van der Waals surface area contributed by atoms with Gasteiger partial charge in [0.1, 0.15) is 0 Å². The lowest BCUT2D eigenvalue weighted by Gasteiger charge is -2.06. The number of ether oxygens (including phenoxy) is 1. The highest BCUT2D eigenvalue weighted by Gasteiger charge is 2.10. The molecule has 7 nitrogen and oxygen atoms in total. The van der Waals surface area contributed by atoms with Crippen molar-refractivity contribution in [3.05, 3.63) is 40.9 Å². The van der Waals surface area contributed by atoms with Crippen molar-refractivity contribution < 1.29 is 9.53 Å². The summed E-state index contributed by atoms with van der Waals surface area (Å²) in [5, 5.41) is 10.6. The summed E-state index contributed by atoms with van der Waals surface area (Å²) in [6, 6.07) is 5.45. The zero-order chi connectivity index (χ0) is 17.1. The van der Waals surface area contributed by atoms with E-state index in [4.69, 9.17) is 4.74 Å². The summed E-state index contributed by atoms with van der Waals surface area (Å²) in [4.78, 5) is 28.4. The Balaban J connectivity index is 1.78. The molecule has 0 radical (unpaired) electrons. The van der Waals surface area contributed by atoms with Crippen LogP contribution in [0.15, 0.2) is 35.4 Å². The quantitative estimate of drug-likeness (QED) is 0.757. The van der Waals surface area contributed by atoms with Crippen molar-refractivity contribution in [2.45, 2.75) is 13.8 Å². The average Bonchev–Trinajstić information content (AvgIpc) is 3.01. The van der Waals surface area contributed by atoms with E-state index < -0.39 is 6.09 Å². The van der Waals surface area contributed by atoms with Crippen LogP contribution in [0.3, 0.4) is 0 Å². The van der Waals surface area contributed by atoms with E-state index >= 15 is 0 Å². The van der Waals surface area contributed by atoms with Gasteiger partial charge in [0.05, 0.1) is 23.1 Å². The number of nitrogens with one attached hydrogen (secondary N) is 2. The van der Waals surface area contributed by atoms with Gasteiger partial charge >= 0.3 is 6.09 Å². The molecule has 0 saturated carbocycles. The van der Waals surface area contributed by atoms with Crippen LogP contribution < -0.4 is 10.9 Å². The average molecular weight is 344 g/mol. The molecular weight excluding hydrogens is 328 g/mol. The Kier molecular flexibility index (Phi) is 4.57. The van der Waals surface area contributed by atoms with E-state index in [1.165, 1.54) is 11.3 Å². The largest absolute Gasteiger partial charge is 0.449 e. The van der Waals surface area contributed by atoms with Crippen molar-refractivity contribution in [3.8, 4) is 10.4 Å². The molecule has 0 atom stereocenters. The zero-order valence-electron chi connectivity index (χ0n) is 13.2. The Hall–Kier alpha value is -2.74. The summed E-state index contributed by atoms with van der Waals surface area (Å²) in [5.41, 5.74) is 0.676. The third-order valence-electron chi connectivity index (χ3n) is 3.21. The molecule has 3 rings (SSSR count). The van der Waals surface area contributed by atoms with Crippen LogP contribution >= 0.6 is 11.3 Å². The van der Waals surface area contributed by atoms with E-state index in [2.05, 4.69) is 20.5 Å². The highest BCUT2D eigenvalue weighted by molar-refractivity contribution is 7.19. The number of carbonyl (C=O) groups excluding carboxylic acids is 1. The molecule has 2 aromatic heterocycles. The highest BCUT2D eigenvalue weighted by Crippen LogP contribution is 2.30.